The summed E-state index contributed by atoms with van der Waals surface area (Å²) in [6.07, 6.45) is 0. The van der Waals surface area contributed by atoms with Gasteiger partial charge in [-0.1, -0.05) is 84.9 Å². The van der Waals surface area contributed by atoms with Crippen molar-refractivity contribution >= 4 is 33.5 Å². The van der Waals surface area contributed by atoms with Crippen LogP contribution in [0.4, 0.5) is 0 Å². The molecule has 32 heavy (non-hydrogen) atoms. The highest BCUT2D eigenvalue weighted by Gasteiger charge is 2.17. The molecular weight excluding hydrogens is 418 g/mol. The van der Waals surface area contributed by atoms with Gasteiger partial charge in [-0.25, -0.2) is 4.98 Å². The van der Waals surface area contributed by atoms with Crippen LogP contribution in [-0.2, 0) is 0 Å². The molecule has 0 spiro atoms. The molecule has 2 aromatic heterocycles. The maximum Gasteiger partial charge on any atom is 0.226 e. The fourth-order valence-electron chi connectivity index (χ4n) is 4.10. The van der Waals surface area contributed by atoms with Crippen LogP contribution in [0.1, 0.15) is 0 Å². The number of nitrogens with zero attached hydrogens (tertiary/aromatic N) is 3. The first-order valence-electron chi connectivity index (χ1n) is 10.2. The maximum atomic E-state index is 6.33. The number of aromatic nitrogens is 3. The van der Waals surface area contributed by atoms with Gasteiger partial charge in [0.2, 0.25) is 5.28 Å². The van der Waals surface area contributed by atoms with Crippen molar-refractivity contribution in [2.24, 2.45) is 0 Å². The van der Waals surface area contributed by atoms with Crippen LogP contribution in [-0.4, -0.2) is 15.0 Å². The average Bonchev–Trinajstić information content (AvgIpc) is 3.23. The molecule has 5 heteroatoms. The van der Waals surface area contributed by atoms with Gasteiger partial charge in [0, 0.05) is 21.9 Å². The SMILES string of the molecule is Clc1nc(-c2ccccc2)nc(-c2ccccc2-c2cccc3oc4ccccc4c23)n1. The lowest BCUT2D eigenvalue weighted by Crippen LogP contribution is -1.98. The molecule has 0 radical (unpaired) electrons. The first-order valence-corrected chi connectivity index (χ1v) is 10.6. The van der Waals surface area contributed by atoms with Gasteiger partial charge in [0.25, 0.3) is 0 Å². The molecule has 0 fully saturated rings. The van der Waals surface area contributed by atoms with E-state index >= 15 is 0 Å². The van der Waals surface area contributed by atoms with Gasteiger partial charge in [0.15, 0.2) is 11.6 Å². The highest BCUT2D eigenvalue weighted by atomic mass is 35.5. The molecule has 0 atom stereocenters. The Kier molecular flexibility index (Phi) is 4.44. The third-order valence-corrected chi connectivity index (χ3v) is 5.67. The molecule has 152 valence electrons. The highest BCUT2D eigenvalue weighted by Crippen LogP contribution is 2.40. The summed E-state index contributed by atoms with van der Waals surface area (Å²) < 4.78 is 6.09. The van der Waals surface area contributed by atoms with Gasteiger partial charge in [0.1, 0.15) is 11.2 Å². The zero-order chi connectivity index (χ0) is 21.5. The summed E-state index contributed by atoms with van der Waals surface area (Å²) in [6, 6.07) is 32.0. The van der Waals surface area contributed by atoms with E-state index in [2.05, 4.69) is 28.2 Å². The predicted octanol–water partition coefficient (Wildman–Crippen LogP) is 7.43. The molecule has 4 nitrogen and oxygen atoms in total. The Morgan fingerprint density at radius 2 is 1.19 bits per heavy atom. The van der Waals surface area contributed by atoms with Crippen molar-refractivity contribution < 1.29 is 4.42 Å². The van der Waals surface area contributed by atoms with E-state index in [4.69, 9.17) is 21.0 Å². The van der Waals surface area contributed by atoms with Gasteiger partial charge in [-0.05, 0) is 34.9 Å². The topological polar surface area (TPSA) is 51.8 Å². The van der Waals surface area contributed by atoms with Crippen molar-refractivity contribution in [3.05, 3.63) is 102 Å². The van der Waals surface area contributed by atoms with Crippen molar-refractivity contribution in [1.82, 2.24) is 15.0 Å². The Labute approximate surface area is 189 Å². The quantitative estimate of drug-likeness (QED) is 0.291. The number of hydrogen-bond donors (Lipinski definition) is 0. The van der Waals surface area contributed by atoms with E-state index in [1.54, 1.807) is 0 Å². The van der Waals surface area contributed by atoms with Crippen molar-refractivity contribution in [3.63, 3.8) is 0 Å². The molecule has 6 aromatic rings. The summed E-state index contributed by atoms with van der Waals surface area (Å²) in [5.74, 6) is 1.08. The summed E-state index contributed by atoms with van der Waals surface area (Å²) in [4.78, 5) is 13.6. The number of furan rings is 1. The van der Waals surface area contributed by atoms with E-state index in [0.29, 0.717) is 11.6 Å². The molecule has 0 bridgehead atoms. The monoisotopic (exact) mass is 433 g/mol. The van der Waals surface area contributed by atoms with Gasteiger partial charge in [-0.2, -0.15) is 9.97 Å². The Balaban J connectivity index is 1.60. The van der Waals surface area contributed by atoms with Crippen LogP contribution in [0, 0.1) is 0 Å². The molecule has 0 unspecified atom stereocenters. The van der Waals surface area contributed by atoms with Crippen molar-refractivity contribution in [3.8, 4) is 33.9 Å². The molecule has 0 amide bonds. The minimum atomic E-state index is 0.163. The first-order chi connectivity index (χ1) is 15.8. The summed E-state index contributed by atoms with van der Waals surface area (Å²) in [6.45, 7) is 0. The van der Waals surface area contributed by atoms with E-state index in [0.717, 1.165) is 44.2 Å². The lowest BCUT2D eigenvalue weighted by Gasteiger charge is -2.11. The van der Waals surface area contributed by atoms with Gasteiger partial charge in [-0.3, -0.25) is 0 Å². The second kappa shape index (κ2) is 7.59. The van der Waals surface area contributed by atoms with Crippen LogP contribution < -0.4 is 0 Å². The van der Waals surface area contributed by atoms with Crippen LogP contribution in [0.2, 0.25) is 5.28 Å². The fourth-order valence-corrected chi connectivity index (χ4v) is 4.26. The number of para-hydroxylation sites is 1. The van der Waals surface area contributed by atoms with E-state index in [9.17, 15) is 0 Å². The van der Waals surface area contributed by atoms with Crippen molar-refractivity contribution in [2.75, 3.05) is 0 Å². The zero-order valence-corrected chi connectivity index (χ0v) is 17.6. The molecule has 2 heterocycles. The molecule has 0 aliphatic carbocycles. The standard InChI is InChI=1S/C27H16ClN3O/c28-27-30-25(17-9-2-1-3-10-17)29-26(31-27)20-12-5-4-11-18(20)19-14-8-16-23-24(19)21-13-6-7-15-22(21)32-23/h1-16H. The van der Waals surface area contributed by atoms with Gasteiger partial charge in [-0.15, -0.1) is 0 Å². The number of halogens is 1. The van der Waals surface area contributed by atoms with E-state index in [-0.39, 0.29) is 5.28 Å². The fraction of sp³-hybridized carbons (Fsp3) is 0. The van der Waals surface area contributed by atoms with Gasteiger partial charge in [0.05, 0.1) is 0 Å². The normalized spacial score (nSPS) is 11.3. The molecule has 0 saturated carbocycles. The Bertz CT molecular complexity index is 1590. The molecule has 0 N–H and O–H groups in total. The van der Waals surface area contributed by atoms with Crippen LogP contribution >= 0.6 is 11.6 Å². The number of fused-ring (bicyclic) bond motifs is 3. The van der Waals surface area contributed by atoms with Crippen LogP contribution in [0.15, 0.2) is 101 Å². The molecule has 0 aliphatic rings. The van der Waals surface area contributed by atoms with Crippen molar-refractivity contribution in [2.45, 2.75) is 0 Å². The third kappa shape index (κ3) is 3.13. The van der Waals surface area contributed by atoms with Crippen LogP contribution in [0.3, 0.4) is 0 Å². The molecule has 0 aliphatic heterocycles. The summed E-state index contributed by atoms with van der Waals surface area (Å²) in [5, 5.41) is 2.31. The molecule has 0 saturated heterocycles. The number of benzene rings is 4. The molecule has 4 aromatic carbocycles. The summed E-state index contributed by atoms with van der Waals surface area (Å²) in [7, 11) is 0. The minimum absolute atomic E-state index is 0.163. The lowest BCUT2D eigenvalue weighted by atomic mass is 9.95. The highest BCUT2D eigenvalue weighted by molar-refractivity contribution is 6.28. The number of hydrogen-bond acceptors (Lipinski definition) is 4. The lowest BCUT2D eigenvalue weighted by molar-refractivity contribution is 0.669. The van der Waals surface area contributed by atoms with E-state index in [1.807, 2.05) is 78.9 Å². The second-order valence-corrected chi connectivity index (χ2v) is 7.78. The van der Waals surface area contributed by atoms with E-state index in [1.165, 1.54) is 0 Å². The summed E-state index contributed by atoms with van der Waals surface area (Å²) >= 11 is 6.33. The van der Waals surface area contributed by atoms with E-state index < -0.39 is 0 Å². The second-order valence-electron chi connectivity index (χ2n) is 7.44. The van der Waals surface area contributed by atoms with Crippen LogP contribution in [0.5, 0.6) is 0 Å². The Hall–Kier alpha value is -4.02. The molecule has 6 rings (SSSR count). The largest absolute Gasteiger partial charge is 0.456 e. The Morgan fingerprint density at radius 1 is 0.531 bits per heavy atom. The smallest absolute Gasteiger partial charge is 0.226 e. The zero-order valence-electron chi connectivity index (χ0n) is 16.9. The predicted molar refractivity (Wildman–Crippen MR) is 128 cm³/mol. The average molecular weight is 434 g/mol. The van der Waals surface area contributed by atoms with Gasteiger partial charge >= 0.3 is 0 Å². The maximum absolute atomic E-state index is 6.33. The minimum Gasteiger partial charge on any atom is -0.456 e. The third-order valence-electron chi connectivity index (χ3n) is 5.50. The van der Waals surface area contributed by atoms with Crippen LogP contribution in [0.25, 0.3) is 55.8 Å². The van der Waals surface area contributed by atoms with Crippen molar-refractivity contribution in [1.29, 1.82) is 0 Å². The molecular formula is C27H16ClN3O. The first kappa shape index (κ1) is 18.7. The van der Waals surface area contributed by atoms with Gasteiger partial charge < -0.3 is 4.42 Å². The Morgan fingerprint density at radius 3 is 2.06 bits per heavy atom. The summed E-state index contributed by atoms with van der Waals surface area (Å²) in [5.41, 5.74) is 5.54. The number of rotatable bonds is 3.